The molecule has 1 N–H and O–H groups in total. The van der Waals surface area contributed by atoms with Crippen molar-refractivity contribution in [3.63, 3.8) is 0 Å². The Labute approximate surface area is 188 Å². The lowest BCUT2D eigenvalue weighted by Crippen LogP contribution is -2.13. The van der Waals surface area contributed by atoms with E-state index in [2.05, 4.69) is 26.4 Å². The zero-order valence-corrected chi connectivity index (χ0v) is 18.8. The van der Waals surface area contributed by atoms with E-state index in [0.29, 0.717) is 33.9 Å². The molecule has 2 aromatic carbocycles. The van der Waals surface area contributed by atoms with Gasteiger partial charge in [-0.2, -0.15) is 5.26 Å². The molecular weight excluding hydrogens is 462 g/mol. The molecule has 0 aliphatic carbocycles. The highest BCUT2D eigenvalue weighted by molar-refractivity contribution is 9.10. The van der Waals surface area contributed by atoms with Gasteiger partial charge < -0.3 is 19.3 Å². The Balaban J connectivity index is 1.80. The minimum absolute atomic E-state index is 0.0945. The Kier molecular flexibility index (Phi) is 7.11. The van der Waals surface area contributed by atoms with Gasteiger partial charge in [-0.15, -0.1) is 0 Å². The van der Waals surface area contributed by atoms with Gasteiger partial charge in [0.05, 0.1) is 11.6 Å². The topological polar surface area (TPSA) is 97.4 Å². The summed E-state index contributed by atoms with van der Waals surface area (Å²) >= 11 is 3.49. The van der Waals surface area contributed by atoms with Crippen molar-refractivity contribution in [2.24, 2.45) is 0 Å². The highest BCUT2D eigenvalue weighted by Crippen LogP contribution is 2.37. The van der Waals surface area contributed by atoms with Crippen LogP contribution >= 0.6 is 15.9 Å². The first-order valence-corrected chi connectivity index (χ1v) is 10.1. The Morgan fingerprint density at radius 2 is 2.00 bits per heavy atom. The van der Waals surface area contributed by atoms with Crippen molar-refractivity contribution in [2.45, 2.75) is 20.5 Å². The largest absolute Gasteiger partial charge is 0.493 e. The molecule has 0 aliphatic heterocycles. The minimum atomic E-state index is -0.592. The normalized spacial score (nSPS) is 11.0. The fraction of sp³-hybridized carbons (Fsp3) is 0.174. The number of carbonyl (C=O) groups is 1. The quantitative estimate of drug-likeness (QED) is 0.368. The Bertz CT molecular complexity index is 1160. The van der Waals surface area contributed by atoms with Crippen molar-refractivity contribution in [1.82, 2.24) is 5.16 Å². The maximum Gasteiger partial charge on any atom is 0.267 e. The number of hydrogen-bond donors (Lipinski definition) is 1. The van der Waals surface area contributed by atoms with Gasteiger partial charge in [0.15, 0.2) is 17.3 Å². The van der Waals surface area contributed by atoms with Crippen LogP contribution in [0, 0.1) is 25.2 Å². The summed E-state index contributed by atoms with van der Waals surface area (Å²) in [6.07, 6.45) is 1.46. The van der Waals surface area contributed by atoms with Crippen LogP contribution in [-0.2, 0) is 11.4 Å². The Hall–Kier alpha value is -3.57. The van der Waals surface area contributed by atoms with Crippen molar-refractivity contribution >= 4 is 33.7 Å². The van der Waals surface area contributed by atoms with Gasteiger partial charge in [-0.25, -0.2) is 0 Å². The first-order valence-electron chi connectivity index (χ1n) is 9.32. The van der Waals surface area contributed by atoms with E-state index in [1.807, 2.05) is 37.3 Å². The number of amides is 1. The van der Waals surface area contributed by atoms with E-state index < -0.39 is 5.91 Å². The molecule has 0 fully saturated rings. The average molecular weight is 482 g/mol. The minimum Gasteiger partial charge on any atom is -0.493 e. The molecular formula is C23H20BrN3O4. The number of rotatable bonds is 7. The number of hydrogen-bond acceptors (Lipinski definition) is 6. The van der Waals surface area contributed by atoms with Crippen molar-refractivity contribution in [3.05, 3.63) is 75.0 Å². The predicted molar refractivity (Wildman–Crippen MR) is 120 cm³/mol. The average Bonchev–Trinajstić information content (AvgIpc) is 3.16. The number of halogens is 1. The number of methoxy groups -OCH3 is 1. The molecule has 0 aliphatic rings. The number of nitrogens with zero attached hydrogens (tertiary/aromatic N) is 2. The third-order valence-electron chi connectivity index (χ3n) is 4.30. The molecule has 1 amide bonds. The molecule has 0 bridgehead atoms. The molecule has 0 saturated heterocycles. The first-order chi connectivity index (χ1) is 14.9. The van der Waals surface area contributed by atoms with Gasteiger partial charge in [-0.1, -0.05) is 35.0 Å². The van der Waals surface area contributed by atoms with Gasteiger partial charge in [-0.3, -0.25) is 4.79 Å². The molecule has 3 rings (SSSR count). The molecule has 0 saturated carbocycles. The van der Waals surface area contributed by atoms with E-state index in [0.717, 1.165) is 5.56 Å². The first kappa shape index (κ1) is 22.1. The molecule has 1 heterocycles. The lowest BCUT2D eigenvalue weighted by molar-refractivity contribution is -0.112. The number of benzene rings is 2. The number of carbonyl (C=O) groups excluding carboxylic acids is 1. The van der Waals surface area contributed by atoms with Crippen LogP contribution in [-0.4, -0.2) is 18.2 Å². The van der Waals surface area contributed by atoms with Crippen molar-refractivity contribution in [1.29, 1.82) is 5.26 Å². The molecule has 0 spiro atoms. The highest BCUT2D eigenvalue weighted by Gasteiger charge is 2.15. The van der Waals surface area contributed by atoms with Crippen LogP contribution in [0.2, 0.25) is 0 Å². The summed E-state index contributed by atoms with van der Waals surface area (Å²) in [5.74, 6) is 1.19. The van der Waals surface area contributed by atoms with Gasteiger partial charge >= 0.3 is 0 Å². The molecule has 1 aromatic heterocycles. The van der Waals surface area contributed by atoms with E-state index >= 15 is 0 Å². The summed E-state index contributed by atoms with van der Waals surface area (Å²) in [6, 6.07) is 15.0. The SMILES string of the molecule is COc1cc(C=C(C#N)C(=O)Nc2cc(C)on2)cc(Br)c1OCc1ccc(C)cc1. The maximum atomic E-state index is 12.4. The van der Waals surface area contributed by atoms with Crippen molar-refractivity contribution in [2.75, 3.05) is 12.4 Å². The monoisotopic (exact) mass is 481 g/mol. The third-order valence-corrected chi connectivity index (χ3v) is 4.89. The number of nitriles is 1. The van der Waals surface area contributed by atoms with Crippen LogP contribution in [0.25, 0.3) is 6.08 Å². The molecule has 0 unspecified atom stereocenters. The van der Waals surface area contributed by atoms with E-state index in [1.165, 1.54) is 18.7 Å². The summed E-state index contributed by atoms with van der Waals surface area (Å²) < 4.78 is 17.0. The van der Waals surface area contributed by atoms with Gasteiger partial charge in [0.25, 0.3) is 5.91 Å². The Morgan fingerprint density at radius 3 is 2.61 bits per heavy atom. The standard InChI is InChI=1S/C23H20BrN3O4/c1-14-4-6-16(7-5-14)13-30-22-19(24)10-17(11-20(22)29-3)9-18(12-25)23(28)26-21-8-15(2)31-27-21/h4-11H,13H2,1-3H3,(H,26,27,28). The van der Waals surface area contributed by atoms with E-state index in [9.17, 15) is 10.1 Å². The van der Waals surface area contributed by atoms with Crippen LogP contribution in [0.15, 0.2) is 57.0 Å². The van der Waals surface area contributed by atoms with E-state index in [4.69, 9.17) is 14.0 Å². The van der Waals surface area contributed by atoms with Gasteiger partial charge in [0.2, 0.25) is 0 Å². The fourth-order valence-corrected chi connectivity index (χ4v) is 3.30. The maximum absolute atomic E-state index is 12.4. The number of anilines is 1. The highest BCUT2D eigenvalue weighted by atomic mass is 79.9. The predicted octanol–water partition coefficient (Wildman–Crippen LogP) is 5.19. The molecule has 0 radical (unpaired) electrons. The smallest absolute Gasteiger partial charge is 0.267 e. The Morgan fingerprint density at radius 1 is 1.26 bits per heavy atom. The van der Waals surface area contributed by atoms with Gasteiger partial charge in [0, 0.05) is 6.07 Å². The molecule has 8 heteroatoms. The number of ether oxygens (including phenoxy) is 2. The summed E-state index contributed by atoms with van der Waals surface area (Å²) in [5.41, 5.74) is 2.70. The lowest BCUT2D eigenvalue weighted by atomic mass is 10.1. The van der Waals surface area contributed by atoms with Crippen LogP contribution < -0.4 is 14.8 Å². The summed E-state index contributed by atoms with van der Waals surface area (Å²) in [5, 5.41) is 15.7. The summed E-state index contributed by atoms with van der Waals surface area (Å²) in [4.78, 5) is 12.4. The van der Waals surface area contributed by atoms with E-state index in [1.54, 1.807) is 25.1 Å². The van der Waals surface area contributed by atoms with Crippen molar-refractivity contribution in [3.8, 4) is 17.6 Å². The van der Waals surface area contributed by atoms with Gasteiger partial charge in [0.1, 0.15) is 24.0 Å². The van der Waals surface area contributed by atoms with Crippen LogP contribution in [0.5, 0.6) is 11.5 Å². The van der Waals surface area contributed by atoms with Crippen LogP contribution in [0.3, 0.4) is 0 Å². The van der Waals surface area contributed by atoms with Crippen LogP contribution in [0.4, 0.5) is 5.82 Å². The number of nitrogens with one attached hydrogen (secondary N) is 1. The lowest BCUT2D eigenvalue weighted by Gasteiger charge is -2.14. The molecule has 3 aromatic rings. The summed E-state index contributed by atoms with van der Waals surface area (Å²) in [6.45, 7) is 4.10. The molecule has 7 nitrogen and oxygen atoms in total. The van der Waals surface area contributed by atoms with Crippen LogP contribution in [0.1, 0.15) is 22.5 Å². The zero-order chi connectivity index (χ0) is 22.4. The number of aromatic nitrogens is 1. The third kappa shape index (κ3) is 5.74. The fourth-order valence-electron chi connectivity index (χ4n) is 2.73. The summed E-state index contributed by atoms with van der Waals surface area (Å²) in [7, 11) is 1.53. The molecule has 158 valence electrons. The second kappa shape index (κ2) is 9.96. The van der Waals surface area contributed by atoms with E-state index in [-0.39, 0.29) is 11.4 Å². The molecule has 31 heavy (non-hydrogen) atoms. The van der Waals surface area contributed by atoms with Gasteiger partial charge in [-0.05, 0) is 59.1 Å². The second-order valence-electron chi connectivity index (χ2n) is 6.76. The second-order valence-corrected chi connectivity index (χ2v) is 7.61. The number of aryl methyl sites for hydroxylation is 2. The molecule has 0 atom stereocenters. The zero-order valence-electron chi connectivity index (χ0n) is 17.2. The van der Waals surface area contributed by atoms with Crippen molar-refractivity contribution < 1.29 is 18.8 Å².